The molecule has 1 aromatic heterocycles. The van der Waals surface area contributed by atoms with Gasteiger partial charge >= 0.3 is 12.1 Å². The van der Waals surface area contributed by atoms with Crippen molar-refractivity contribution >= 4 is 17.3 Å². The van der Waals surface area contributed by atoms with Crippen LogP contribution in [0.15, 0.2) is 24.3 Å². The predicted octanol–water partition coefficient (Wildman–Crippen LogP) is 3.46. The van der Waals surface area contributed by atoms with Gasteiger partial charge in [-0.15, -0.1) is 11.3 Å². The van der Waals surface area contributed by atoms with Crippen LogP contribution in [0, 0.1) is 0 Å². The first-order valence-corrected chi connectivity index (χ1v) is 6.56. The van der Waals surface area contributed by atoms with Gasteiger partial charge in [0.05, 0.1) is 12.1 Å². The van der Waals surface area contributed by atoms with E-state index >= 15 is 0 Å². The molecule has 1 heterocycles. The number of carboxylic acid groups (broad SMARTS) is 1. The van der Waals surface area contributed by atoms with E-state index in [4.69, 9.17) is 9.84 Å². The fourth-order valence-corrected chi connectivity index (χ4v) is 2.69. The summed E-state index contributed by atoms with van der Waals surface area (Å²) in [5, 5.41) is 8.93. The number of carbonyl (C=O) groups is 1. The van der Waals surface area contributed by atoms with Crippen LogP contribution in [0.25, 0.3) is 0 Å². The molecule has 0 unspecified atom stereocenters. The molecule has 0 amide bonds. The highest BCUT2D eigenvalue weighted by Crippen LogP contribution is 2.35. The Morgan fingerprint density at radius 2 is 2.14 bits per heavy atom. The maximum atomic E-state index is 12.7. The second kappa shape index (κ2) is 5.72. The molecule has 0 aliphatic rings. The number of aromatic nitrogens is 1. The lowest BCUT2D eigenvalue weighted by atomic mass is 10.1. The van der Waals surface area contributed by atoms with Crippen LogP contribution in [0.3, 0.4) is 0 Å². The molecular weight excluding hydrogens is 307 g/mol. The van der Waals surface area contributed by atoms with Crippen molar-refractivity contribution in [2.24, 2.45) is 0 Å². The number of hydrogen-bond acceptors (Lipinski definition) is 4. The van der Waals surface area contributed by atoms with Gasteiger partial charge in [0, 0.05) is 6.42 Å². The number of rotatable bonds is 4. The molecule has 0 aliphatic heterocycles. The largest absolute Gasteiger partial charge is 0.497 e. The molecule has 8 heteroatoms. The van der Waals surface area contributed by atoms with Crippen LogP contribution < -0.4 is 4.74 Å². The first-order chi connectivity index (χ1) is 9.81. The molecule has 0 saturated heterocycles. The Hall–Kier alpha value is -2.09. The minimum Gasteiger partial charge on any atom is -0.497 e. The zero-order valence-electron chi connectivity index (χ0n) is 10.8. The van der Waals surface area contributed by atoms with Crippen molar-refractivity contribution in [2.75, 3.05) is 7.11 Å². The number of methoxy groups -OCH3 is 1. The third kappa shape index (κ3) is 3.52. The molecular formula is C13H10F3NO3S. The third-order valence-corrected chi connectivity index (χ3v) is 3.67. The standard InChI is InChI=1S/C13H10F3NO3S/c1-20-8-4-2-3-7(5-8)6-9-17-11(13(14,15)16)10(21-9)12(18)19/h2-5H,6H2,1H3,(H,18,19). The first-order valence-electron chi connectivity index (χ1n) is 5.74. The van der Waals surface area contributed by atoms with Gasteiger partial charge in [-0.1, -0.05) is 12.1 Å². The van der Waals surface area contributed by atoms with Crippen molar-refractivity contribution < 1.29 is 27.8 Å². The van der Waals surface area contributed by atoms with Crippen LogP contribution in [-0.2, 0) is 12.6 Å². The number of benzene rings is 1. The molecule has 0 bridgehead atoms. The lowest BCUT2D eigenvalue weighted by molar-refractivity contribution is -0.141. The summed E-state index contributed by atoms with van der Waals surface area (Å²) in [7, 11) is 1.48. The highest BCUT2D eigenvalue weighted by atomic mass is 32.1. The smallest absolute Gasteiger partial charge is 0.435 e. The number of thiazole rings is 1. The van der Waals surface area contributed by atoms with Crippen LogP contribution >= 0.6 is 11.3 Å². The van der Waals surface area contributed by atoms with Crippen molar-refractivity contribution in [3.8, 4) is 5.75 Å². The molecule has 2 rings (SSSR count). The van der Waals surface area contributed by atoms with Crippen molar-refractivity contribution in [1.82, 2.24) is 4.98 Å². The van der Waals surface area contributed by atoms with E-state index < -0.39 is 22.7 Å². The third-order valence-electron chi connectivity index (χ3n) is 2.62. The van der Waals surface area contributed by atoms with E-state index in [0.717, 1.165) is 0 Å². The molecule has 0 aliphatic carbocycles. The minimum absolute atomic E-state index is 0.0907. The zero-order valence-corrected chi connectivity index (χ0v) is 11.6. The molecule has 21 heavy (non-hydrogen) atoms. The highest BCUT2D eigenvalue weighted by Gasteiger charge is 2.39. The molecule has 4 nitrogen and oxygen atoms in total. The van der Waals surface area contributed by atoms with E-state index in [0.29, 0.717) is 22.6 Å². The summed E-state index contributed by atoms with van der Waals surface area (Å²) in [5.74, 6) is -1.06. The van der Waals surface area contributed by atoms with E-state index in [1.165, 1.54) is 7.11 Å². The second-order valence-corrected chi connectivity index (χ2v) is 5.20. The normalized spacial score (nSPS) is 11.4. The van der Waals surface area contributed by atoms with Gasteiger partial charge in [-0.3, -0.25) is 0 Å². The van der Waals surface area contributed by atoms with E-state index in [-0.39, 0.29) is 11.4 Å². The molecule has 1 N–H and O–H groups in total. The van der Waals surface area contributed by atoms with Crippen LogP contribution in [0.4, 0.5) is 13.2 Å². The Morgan fingerprint density at radius 3 is 2.67 bits per heavy atom. The summed E-state index contributed by atoms with van der Waals surface area (Å²) in [6.45, 7) is 0. The van der Waals surface area contributed by atoms with Crippen molar-refractivity contribution in [3.05, 3.63) is 45.4 Å². The number of carboxylic acids is 1. The number of aromatic carboxylic acids is 1. The predicted molar refractivity (Wildman–Crippen MR) is 69.9 cm³/mol. The Labute approximate surface area is 121 Å². The number of alkyl halides is 3. The SMILES string of the molecule is COc1cccc(Cc2nc(C(F)(F)F)c(C(=O)O)s2)c1. The second-order valence-electron chi connectivity index (χ2n) is 4.12. The van der Waals surface area contributed by atoms with E-state index in [2.05, 4.69) is 4.98 Å². The van der Waals surface area contributed by atoms with Crippen LogP contribution in [-0.4, -0.2) is 23.2 Å². The maximum absolute atomic E-state index is 12.7. The number of hydrogen-bond donors (Lipinski definition) is 1. The maximum Gasteiger partial charge on any atom is 0.435 e. The molecule has 0 radical (unpaired) electrons. The lowest BCUT2D eigenvalue weighted by Gasteiger charge is -2.03. The Kier molecular flexibility index (Phi) is 4.17. The summed E-state index contributed by atoms with van der Waals surface area (Å²) < 4.78 is 43.2. The van der Waals surface area contributed by atoms with E-state index in [1.54, 1.807) is 24.3 Å². The van der Waals surface area contributed by atoms with E-state index in [9.17, 15) is 18.0 Å². The van der Waals surface area contributed by atoms with Gasteiger partial charge in [0.1, 0.15) is 10.6 Å². The van der Waals surface area contributed by atoms with Crippen molar-refractivity contribution in [2.45, 2.75) is 12.6 Å². The van der Waals surface area contributed by atoms with Crippen molar-refractivity contribution in [1.29, 1.82) is 0 Å². The quantitative estimate of drug-likeness (QED) is 0.938. The van der Waals surface area contributed by atoms with E-state index in [1.807, 2.05) is 0 Å². The highest BCUT2D eigenvalue weighted by molar-refractivity contribution is 7.13. The van der Waals surface area contributed by atoms with Crippen LogP contribution in [0.1, 0.15) is 25.9 Å². The monoisotopic (exact) mass is 317 g/mol. The summed E-state index contributed by atoms with van der Waals surface area (Å²) in [6, 6.07) is 6.77. The van der Waals surface area contributed by atoms with Gasteiger partial charge in [0.25, 0.3) is 0 Å². The lowest BCUT2D eigenvalue weighted by Crippen LogP contribution is -2.11. The minimum atomic E-state index is -4.78. The molecule has 0 atom stereocenters. The molecule has 1 aromatic carbocycles. The van der Waals surface area contributed by atoms with Gasteiger partial charge < -0.3 is 9.84 Å². The number of ether oxygens (including phenoxy) is 1. The fourth-order valence-electron chi connectivity index (χ4n) is 1.73. The number of halogens is 3. The molecule has 112 valence electrons. The Bertz CT molecular complexity index is 667. The van der Waals surface area contributed by atoms with Crippen LogP contribution in [0.2, 0.25) is 0 Å². The van der Waals surface area contributed by atoms with Crippen molar-refractivity contribution in [3.63, 3.8) is 0 Å². The average Bonchev–Trinajstić information content (AvgIpc) is 2.83. The fraction of sp³-hybridized carbons (Fsp3) is 0.231. The molecule has 0 saturated carbocycles. The molecule has 0 fully saturated rings. The Balaban J connectivity index is 2.34. The summed E-state index contributed by atoms with van der Waals surface area (Å²) >= 11 is 0.531. The summed E-state index contributed by atoms with van der Waals surface area (Å²) in [6.07, 6.45) is -4.67. The average molecular weight is 317 g/mol. The molecule has 2 aromatic rings. The van der Waals surface area contributed by atoms with Crippen LogP contribution in [0.5, 0.6) is 5.75 Å². The summed E-state index contributed by atoms with van der Waals surface area (Å²) in [4.78, 5) is 13.5. The first kappa shape index (κ1) is 15.3. The topological polar surface area (TPSA) is 59.4 Å². The molecule has 0 spiro atoms. The summed E-state index contributed by atoms with van der Waals surface area (Å²) in [5.41, 5.74) is -0.661. The zero-order chi connectivity index (χ0) is 15.6. The van der Waals surface area contributed by atoms with Gasteiger partial charge in [-0.25, -0.2) is 9.78 Å². The van der Waals surface area contributed by atoms with Gasteiger partial charge in [-0.05, 0) is 17.7 Å². The van der Waals surface area contributed by atoms with Gasteiger partial charge in [-0.2, -0.15) is 13.2 Å². The number of nitrogens with zero attached hydrogens (tertiary/aromatic N) is 1. The van der Waals surface area contributed by atoms with Gasteiger partial charge in [0.2, 0.25) is 0 Å². The Morgan fingerprint density at radius 1 is 1.43 bits per heavy atom. The van der Waals surface area contributed by atoms with Gasteiger partial charge in [0.15, 0.2) is 5.69 Å².